The number of aromatic nitrogens is 2. The van der Waals surface area contributed by atoms with Gasteiger partial charge in [0.05, 0.1) is 57.9 Å². The Labute approximate surface area is 262 Å². The van der Waals surface area contributed by atoms with E-state index < -0.39 is 26.5 Å². The molecule has 0 amide bonds. The van der Waals surface area contributed by atoms with Crippen LogP contribution in [0, 0.1) is 6.92 Å². The second-order valence-electron chi connectivity index (χ2n) is 12.6. The van der Waals surface area contributed by atoms with Crippen LogP contribution in [0.25, 0.3) is 10.9 Å². The number of carbonyl (C=O) groups excluding carboxylic acids is 1. The van der Waals surface area contributed by atoms with Gasteiger partial charge in [-0.05, 0) is 60.8 Å². The molecule has 1 aromatic heterocycles. The van der Waals surface area contributed by atoms with Gasteiger partial charge in [0, 0.05) is 10.9 Å². The Hall–Kier alpha value is -3.66. The summed E-state index contributed by atoms with van der Waals surface area (Å²) in [5.74, 6) is 1.01. The predicted molar refractivity (Wildman–Crippen MR) is 176 cm³/mol. The smallest absolute Gasteiger partial charge is 0.340 e. The first kappa shape index (κ1) is 33.2. The summed E-state index contributed by atoms with van der Waals surface area (Å²) in [4.78, 5) is 12.8. The van der Waals surface area contributed by atoms with Crippen molar-refractivity contribution in [2.24, 2.45) is 0 Å². The van der Waals surface area contributed by atoms with Gasteiger partial charge in [-0.2, -0.15) is 5.10 Å². The minimum absolute atomic E-state index is 0.0604. The third kappa shape index (κ3) is 7.34. The first-order valence-corrected chi connectivity index (χ1v) is 17.9. The first-order chi connectivity index (χ1) is 20.9. The summed E-state index contributed by atoms with van der Waals surface area (Å²) >= 11 is 0. The topological polar surface area (TPSA) is 81.0 Å². The van der Waals surface area contributed by atoms with Crippen molar-refractivity contribution in [3.05, 3.63) is 89.1 Å². The molecule has 2 atom stereocenters. The Balaban J connectivity index is 1.85. The van der Waals surface area contributed by atoms with Crippen LogP contribution in [-0.2, 0) is 26.9 Å². The van der Waals surface area contributed by atoms with Crippen LogP contribution in [0.5, 0.6) is 11.5 Å². The maximum Gasteiger partial charge on any atom is 0.340 e. The van der Waals surface area contributed by atoms with Crippen LogP contribution in [-0.4, -0.2) is 58.1 Å². The van der Waals surface area contributed by atoms with Gasteiger partial charge in [0.25, 0.3) is 0 Å². The second kappa shape index (κ2) is 14.0. The number of fused-ring (bicyclic) bond motifs is 1. The highest BCUT2D eigenvalue weighted by Gasteiger charge is 2.42. The maximum absolute atomic E-state index is 12.8. The number of methoxy groups -OCH3 is 3. The van der Waals surface area contributed by atoms with Gasteiger partial charge in [-0.3, -0.25) is 4.68 Å². The molecule has 0 saturated heterocycles. The van der Waals surface area contributed by atoms with Crippen molar-refractivity contribution in [3.63, 3.8) is 0 Å². The third-order valence-corrected chi connectivity index (χ3v) is 13.1. The van der Waals surface area contributed by atoms with Crippen molar-refractivity contribution < 1.29 is 28.2 Å². The average Bonchev–Trinajstić information content (AvgIpc) is 3.42. The zero-order chi connectivity index (χ0) is 32.1. The fraction of sp³-hybridized carbons (Fsp3) is 0.429. The van der Waals surface area contributed by atoms with E-state index in [0.717, 1.165) is 22.9 Å². The van der Waals surface area contributed by atoms with Gasteiger partial charge >= 0.3 is 5.97 Å². The zero-order valence-electron chi connectivity index (χ0n) is 27.5. The molecule has 2 unspecified atom stereocenters. The number of hydrogen-bond donors (Lipinski definition) is 0. The molecule has 0 N–H and O–H groups in total. The van der Waals surface area contributed by atoms with Gasteiger partial charge in [-0.15, -0.1) is 0 Å². The van der Waals surface area contributed by atoms with Crippen molar-refractivity contribution in [2.45, 2.75) is 71.0 Å². The van der Waals surface area contributed by atoms with Crippen LogP contribution in [0.1, 0.15) is 53.9 Å². The number of hydrogen-bond acceptors (Lipinski definition) is 7. The molecular weight excluding hydrogens is 572 g/mol. The van der Waals surface area contributed by atoms with Crippen molar-refractivity contribution in [1.82, 2.24) is 9.78 Å². The standard InChI is InChI=1S/C35H46N2O6Si/c1-24-29(39-5)20-27(21-30(24)40-6)33(43-44(8,9)35(2,3)4)31(42-19-18-25-14-11-10-12-15-25)23-37-32-26(22-36-37)16-13-17-28(32)34(38)41-7/h10-17,20-22,31,33H,18-19,23H2,1-9H3. The Morgan fingerprint density at radius 3 is 2.20 bits per heavy atom. The highest BCUT2D eigenvalue weighted by molar-refractivity contribution is 6.74. The Kier molecular flexibility index (Phi) is 10.5. The lowest BCUT2D eigenvalue weighted by molar-refractivity contribution is -0.0416. The van der Waals surface area contributed by atoms with E-state index in [4.69, 9.17) is 28.5 Å². The second-order valence-corrected chi connectivity index (χ2v) is 17.3. The van der Waals surface area contributed by atoms with E-state index >= 15 is 0 Å². The number of nitrogens with zero attached hydrogens (tertiary/aromatic N) is 2. The van der Waals surface area contributed by atoms with Gasteiger partial charge < -0.3 is 23.4 Å². The third-order valence-electron chi connectivity index (χ3n) is 8.65. The predicted octanol–water partition coefficient (Wildman–Crippen LogP) is 7.54. The molecule has 44 heavy (non-hydrogen) atoms. The van der Waals surface area contributed by atoms with Crippen LogP contribution in [0.3, 0.4) is 0 Å². The number of ether oxygens (including phenoxy) is 4. The molecule has 0 aliphatic rings. The highest BCUT2D eigenvalue weighted by Crippen LogP contribution is 2.43. The molecule has 0 aliphatic carbocycles. The molecule has 0 bridgehead atoms. The lowest BCUT2D eigenvalue weighted by Crippen LogP contribution is -2.45. The monoisotopic (exact) mass is 618 g/mol. The zero-order valence-corrected chi connectivity index (χ0v) is 28.5. The van der Waals surface area contributed by atoms with E-state index in [1.807, 2.05) is 54.1 Å². The van der Waals surface area contributed by atoms with Gasteiger partial charge in [-0.25, -0.2) is 4.79 Å². The summed E-state index contributed by atoms with van der Waals surface area (Å²) in [5.41, 5.74) is 4.13. The van der Waals surface area contributed by atoms with Crippen LogP contribution in [0.2, 0.25) is 18.1 Å². The van der Waals surface area contributed by atoms with Crippen LogP contribution in [0.4, 0.5) is 0 Å². The Morgan fingerprint density at radius 1 is 0.955 bits per heavy atom. The molecule has 4 rings (SSSR count). The molecule has 9 heteroatoms. The average molecular weight is 619 g/mol. The number of para-hydroxylation sites is 1. The molecule has 0 saturated carbocycles. The van der Waals surface area contributed by atoms with Crippen LogP contribution in [0.15, 0.2) is 66.9 Å². The van der Waals surface area contributed by atoms with E-state index in [-0.39, 0.29) is 5.04 Å². The molecule has 236 valence electrons. The normalized spacial score (nSPS) is 13.5. The summed E-state index contributed by atoms with van der Waals surface area (Å²) in [6.07, 6.45) is 1.54. The lowest BCUT2D eigenvalue weighted by atomic mass is 10.0. The fourth-order valence-electron chi connectivity index (χ4n) is 5.06. The van der Waals surface area contributed by atoms with E-state index in [1.54, 1.807) is 26.5 Å². The van der Waals surface area contributed by atoms with Crippen molar-refractivity contribution in [2.75, 3.05) is 27.9 Å². The molecular formula is C35H46N2O6Si. The molecule has 0 fully saturated rings. The number of rotatable bonds is 13. The van der Waals surface area contributed by atoms with Gasteiger partial charge in [0.15, 0.2) is 8.32 Å². The summed E-state index contributed by atoms with van der Waals surface area (Å²) in [7, 11) is 2.37. The fourth-order valence-corrected chi connectivity index (χ4v) is 6.34. The molecule has 8 nitrogen and oxygen atoms in total. The molecule has 4 aromatic rings. The van der Waals surface area contributed by atoms with Crippen LogP contribution >= 0.6 is 0 Å². The van der Waals surface area contributed by atoms with Gasteiger partial charge in [0.2, 0.25) is 0 Å². The Morgan fingerprint density at radius 2 is 1.61 bits per heavy atom. The van der Waals surface area contributed by atoms with E-state index in [0.29, 0.717) is 35.7 Å². The number of benzene rings is 3. The summed E-state index contributed by atoms with van der Waals surface area (Å²) in [6.45, 7) is 13.9. The van der Waals surface area contributed by atoms with E-state index in [9.17, 15) is 4.79 Å². The molecule has 0 spiro atoms. The van der Waals surface area contributed by atoms with Crippen LogP contribution < -0.4 is 9.47 Å². The van der Waals surface area contributed by atoms with E-state index in [2.05, 4.69) is 46.0 Å². The van der Waals surface area contributed by atoms with Crippen molar-refractivity contribution >= 4 is 25.2 Å². The Bertz CT molecular complexity index is 1540. The highest BCUT2D eigenvalue weighted by atomic mass is 28.4. The minimum atomic E-state index is -2.34. The molecule has 3 aromatic carbocycles. The van der Waals surface area contributed by atoms with Crippen molar-refractivity contribution in [3.8, 4) is 11.5 Å². The van der Waals surface area contributed by atoms with E-state index in [1.165, 1.54) is 12.7 Å². The molecule has 0 radical (unpaired) electrons. The quantitative estimate of drug-likeness (QED) is 0.113. The minimum Gasteiger partial charge on any atom is -0.496 e. The molecule has 0 aliphatic heterocycles. The van der Waals surface area contributed by atoms with Gasteiger partial charge in [-0.1, -0.05) is 63.2 Å². The summed E-state index contributed by atoms with van der Waals surface area (Å²) in [6, 6.07) is 19.8. The largest absolute Gasteiger partial charge is 0.496 e. The lowest BCUT2D eigenvalue weighted by Gasteiger charge is -2.41. The maximum atomic E-state index is 12.8. The SMILES string of the molecule is COC(=O)c1cccc2cnn(CC(OCCc3ccccc3)C(O[Si](C)(C)C(C)(C)C)c3cc(OC)c(C)c(OC)c3)c12. The first-order valence-electron chi connectivity index (χ1n) is 15.0. The summed E-state index contributed by atoms with van der Waals surface area (Å²) in [5, 5.41) is 5.50. The summed E-state index contributed by atoms with van der Waals surface area (Å²) < 4.78 is 32.5. The van der Waals surface area contributed by atoms with Gasteiger partial charge in [0.1, 0.15) is 17.6 Å². The number of carbonyl (C=O) groups is 1. The molecule has 1 heterocycles. The number of esters is 1. The van der Waals surface area contributed by atoms with Crippen molar-refractivity contribution in [1.29, 1.82) is 0 Å².